The molecule has 1 saturated heterocycles. The van der Waals surface area contributed by atoms with Crippen molar-refractivity contribution in [3.63, 3.8) is 0 Å². The van der Waals surface area contributed by atoms with Crippen molar-refractivity contribution < 1.29 is 14.2 Å². The number of hydrogen-bond acceptors (Lipinski definition) is 4. The molecular formula is C18H29N3O3. The van der Waals surface area contributed by atoms with E-state index in [1.807, 2.05) is 19.2 Å². The zero-order chi connectivity index (χ0) is 17.7. The fourth-order valence-corrected chi connectivity index (χ4v) is 2.75. The Kier molecular flexibility index (Phi) is 5.94. The molecule has 24 heavy (non-hydrogen) atoms. The van der Waals surface area contributed by atoms with E-state index >= 15 is 0 Å². The summed E-state index contributed by atoms with van der Waals surface area (Å²) in [4.78, 5) is 6.49. The Bertz CT molecular complexity index is 597. The van der Waals surface area contributed by atoms with Crippen LogP contribution < -0.4 is 14.8 Å². The Morgan fingerprint density at radius 1 is 1.29 bits per heavy atom. The molecule has 134 valence electrons. The summed E-state index contributed by atoms with van der Waals surface area (Å²) in [5, 5.41) is 3.44. The highest BCUT2D eigenvalue weighted by Crippen LogP contribution is 2.30. The van der Waals surface area contributed by atoms with Crippen LogP contribution in [-0.4, -0.2) is 58.9 Å². The van der Waals surface area contributed by atoms with Gasteiger partial charge in [-0.25, -0.2) is 0 Å². The third-order valence-corrected chi connectivity index (χ3v) is 4.40. The molecule has 6 nitrogen and oxygen atoms in total. The summed E-state index contributed by atoms with van der Waals surface area (Å²) in [6.45, 7) is 7.49. The largest absolute Gasteiger partial charge is 0.493 e. The van der Waals surface area contributed by atoms with Gasteiger partial charge in [-0.05, 0) is 30.2 Å². The van der Waals surface area contributed by atoms with E-state index in [1.54, 1.807) is 21.3 Å². The van der Waals surface area contributed by atoms with Crippen LogP contribution in [0.25, 0.3) is 0 Å². The topological polar surface area (TPSA) is 55.3 Å². The van der Waals surface area contributed by atoms with Gasteiger partial charge in [0.05, 0.1) is 27.4 Å². The first-order valence-corrected chi connectivity index (χ1v) is 8.13. The molecule has 0 radical (unpaired) electrons. The monoisotopic (exact) mass is 335 g/mol. The lowest BCUT2D eigenvalue weighted by Crippen LogP contribution is -2.51. The van der Waals surface area contributed by atoms with Crippen LogP contribution in [0.15, 0.2) is 17.1 Å². The first-order valence-electron chi connectivity index (χ1n) is 8.13. The molecule has 0 bridgehead atoms. The zero-order valence-corrected chi connectivity index (χ0v) is 15.6. The van der Waals surface area contributed by atoms with Crippen molar-refractivity contribution in [2.24, 2.45) is 10.4 Å². The van der Waals surface area contributed by atoms with Crippen LogP contribution in [0.2, 0.25) is 0 Å². The first-order chi connectivity index (χ1) is 11.4. The van der Waals surface area contributed by atoms with Crippen LogP contribution in [0, 0.1) is 12.3 Å². The van der Waals surface area contributed by atoms with Gasteiger partial charge in [0.1, 0.15) is 0 Å². The molecule has 0 atom stereocenters. The maximum atomic E-state index is 5.41. The number of aryl methyl sites for hydroxylation is 1. The number of aliphatic imine (C=N–C) groups is 1. The summed E-state index contributed by atoms with van der Waals surface area (Å²) in [5.74, 6) is 2.37. The van der Waals surface area contributed by atoms with Crippen LogP contribution >= 0.6 is 0 Å². The van der Waals surface area contributed by atoms with Crippen molar-refractivity contribution in [3.05, 3.63) is 23.3 Å². The maximum Gasteiger partial charge on any atom is 0.193 e. The third kappa shape index (κ3) is 4.12. The van der Waals surface area contributed by atoms with Gasteiger partial charge in [0, 0.05) is 32.6 Å². The van der Waals surface area contributed by atoms with Gasteiger partial charge in [-0.2, -0.15) is 0 Å². The van der Waals surface area contributed by atoms with Crippen molar-refractivity contribution in [2.45, 2.75) is 20.4 Å². The van der Waals surface area contributed by atoms with E-state index in [1.165, 1.54) is 5.56 Å². The fraction of sp³-hybridized carbons (Fsp3) is 0.611. The van der Waals surface area contributed by atoms with Crippen LogP contribution in [0.3, 0.4) is 0 Å². The second-order valence-corrected chi connectivity index (χ2v) is 6.69. The van der Waals surface area contributed by atoms with Crippen molar-refractivity contribution in [2.75, 3.05) is 48.1 Å². The second-order valence-electron chi connectivity index (χ2n) is 6.69. The van der Waals surface area contributed by atoms with Crippen molar-refractivity contribution >= 4 is 5.96 Å². The smallest absolute Gasteiger partial charge is 0.193 e. The molecule has 1 fully saturated rings. The average Bonchev–Trinajstić information content (AvgIpc) is 2.55. The van der Waals surface area contributed by atoms with Crippen LogP contribution in [-0.2, 0) is 11.3 Å². The van der Waals surface area contributed by atoms with E-state index in [4.69, 9.17) is 14.2 Å². The van der Waals surface area contributed by atoms with Crippen LogP contribution in [0.1, 0.15) is 18.1 Å². The summed E-state index contributed by atoms with van der Waals surface area (Å²) in [6.07, 6.45) is 0. The van der Waals surface area contributed by atoms with Crippen LogP contribution in [0.4, 0.5) is 0 Å². The Morgan fingerprint density at radius 3 is 2.42 bits per heavy atom. The number of rotatable bonds is 6. The predicted octanol–water partition coefficient (Wildman–Crippen LogP) is 2.06. The fourth-order valence-electron chi connectivity index (χ4n) is 2.75. The molecule has 1 aromatic rings. The summed E-state index contributed by atoms with van der Waals surface area (Å²) in [5.41, 5.74) is 2.54. The Labute approximate surface area is 144 Å². The highest BCUT2D eigenvalue weighted by atomic mass is 16.5. The highest BCUT2D eigenvalue weighted by Gasteiger charge is 2.33. The quantitative estimate of drug-likeness (QED) is 0.637. The molecule has 0 saturated carbocycles. The maximum absolute atomic E-state index is 5.41. The van der Waals surface area contributed by atoms with Gasteiger partial charge in [-0.1, -0.05) is 6.92 Å². The van der Waals surface area contributed by atoms with E-state index in [2.05, 4.69) is 29.1 Å². The number of benzene rings is 1. The Morgan fingerprint density at radius 2 is 1.92 bits per heavy atom. The van der Waals surface area contributed by atoms with Crippen LogP contribution in [0.5, 0.6) is 11.5 Å². The molecule has 2 rings (SSSR count). The van der Waals surface area contributed by atoms with Gasteiger partial charge in [0.25, 0.3) is 0 Å². The van der Waals surface area contributed by atoms with Crippen molar-refractivity contribution in [1.29, 1.82) is 0 Å². The summed E-state index contributed by atoms with van der Waals surface area (Å²) in [7, 11) is 7.15. The lowest BCUT2D eigenvalue weighted by atomic mass is 9.89. The molecule has 0 spiro atoms. The van der Waals surface area contributed by atoms with Gasteiger partial charge in [0.2, 0.25) is 0 Å². The summed E-state index contributed by atoms with van der Waals surface area (Å²) >= 11 is 0. The third-order valence-electron chi connectivity index (χ3n) is 4.40. The number of nitrogens with zero attached hydrogens (tertiary/aromatic N) is 2. The Hall–Kier alpha value is -1.95. The van der Waals surface area contributed by atoms with Crippen molar-refractivity contribution in [3.8, 4) is 11.5 Å². The Balaban J connectivity index is 2.05. The second kappa shape index (κ2) is 7.75. The molecular weight excluding hydrogens is 306 g/mol. The van der Waals surface area contributed by atoms with Gasteiger partial charge < -0.3 is 24.4 Å². The molecule has 1 aliphatic rings. The minimum atomic E-state index is 0.204. The molecule has 0 amide bonds. The number of ether oxygens (including phenoxy) is 3. The van der Waals surface area contributed by atoms with E-state index in [9.17, 15) is 0 Å². The lowest BCUT2D eigenvalue weighted by Gasteiger charge is -2.39. The number of nitrogens with one attached hydrogen (secondary N) is 1. The minimum Gasteiger partial charge on any atom is -0.493 e. The zero-order valence-electron chi connectivity index (χ0n) is 15.6. The van der Waals surface area contributed by atoms with Gasteiger partial charge in [-0.15, -0.1) is 0 Å². The first kappa shape index (κ1) is 18.4. The molecule has 1 N–H and O–H groups in total. The normalized spacial score (nSPS) is 16.3. The molecule has 1 aromatic carbocycles. The van der Waals surface area contributed by atoms with Crippen molar-refractivity contribution in [1.82, 2.24) is 10.2 Å². The van der Waals surface area contributed by atoms with Gasteiger partial charge in [0.15, 0.2) is 17.5 Å². The standard InChI is InChI=1S/C18H29N3O3/c1-13-7-15(22-5)16(23-6)8-14(13)9-21(4)17(19-3)20-10-18(2)11-24-12-18/h7-8H,9-12H2,1-6H3,(H,19,20). The number of hydrogen-bond donors (Lipinski definition) is 1. The van der Waals surface area contributed by atoms with E-state index < -0.39 is 0 Å². The SMILES string of the molecule is CN=C(NCC1(C)COC1)N(C)Cc1cc(OC)c(OC)cc1C. The molecule has 0 aromatic heterocycles. The number of methoxy groups -OCH3 is 2. The predicted molar refractivity (Wildman–Crippen MR) is 96.0 cm³/mol. The summed E-state index contributed by atoms with van der Waals surface area (Å²) in [6, 6.07) is 4.03. The lowest BCUT2D eigenvalue weighted by molar-refractivity contribution is -0.0972. The molecule has 1 heterocycles. The summed E-state index contributed by atoms with van der Waals surface area (Å²) < 4.78 is 16.1. The van der Waals surface area contributed by atoms with E-state index in [0.29, 0.717) is 0 Å². The van der Waals surface area contributed by atoms with E-state index in [0.717, 1.165) is 49.3 Å². The average molecular weight is 335 g/mol. The molecule has 6 heteroatoms. The minimum absolute atomic E-state index is 0.204. The number of guanidine groups is 1. The highest BCUT2D eigenvalue weighted by molar-refractivity contribution is 5.79. The molecule has 1 aliphatic heterocycles. The molecule has 0 unspecified atom stereocenters. The van der Waals surface area contributed by atoms with Gasteiger partial charge in [-0.3, -0.25) is 4.99 Å². The van der Waals surface area contributed by atoms with Gasteiger partial charge >= 0.3 is 0 Å². The van der Waals surface area contributed by atoms with E-state index in [-0.39, 0.29) is 5.41 Å². The molecule has 0 aliphatic carbocycles.